The summed E-state index contributed by atoms with van der Waals surface area (Å²) in [6.07, 6.45) is 1.52. The summed E-state index contributed by atoms with van der Waals surface area (Å²) in [7, 11) is 1.40. The largest absolute Gasteiger partial charge is 0.493 e. The maximum absolute atomic E-state index is 12.3. The van der Waals surface area contributed by atoms with Crippen molar-refractivity contribution in [3.05, 3.63) is 27.6 Å². The van der Waals surface area contributed by atoms with Crippen LogP contribution in [0.5, 0.6) is 11.5 Å². The van der Waals surface area contributed by atoms with Crippen molar-refractivity contribution < 1.29 is 33.7 Å². The zero-order valence-corrected chi connectivity index (χ0v) is 17.3. The van der Waals surface area contributed by atoms with Crippen LogP contribution in [-0.4, -0.2) is 59.0 Å². The Morgan fingerprint density at radius 2 is 2.11 bits per heavy atom. The van der Waals surface area contributed by atoms with E-state index >= 15 is 0 Å². The minimum atomic E-state index is -1.16. The van der Waals surface area contributed by atoms with E-state index < -0.39 is 24.4 Å². The van der Waals surface area contributed by atoms with Gasteiger partial charge in [0.05, 0.1) is 23.6 Å². The Kier molecular flexibility index (Phi) is 7.67. The summed E-state index contributed by atoms with van der Waals surface area (Å²) in [6.45, 7) is 1.06. The lowest BCUT2D eigenvalue weighted by molar-refractivity contribution is -0.145. The van der Waals surface area contributed by atoms with E-state index in [0.29, 0.717) is 5.56 Å². The number of carbonyl (C=O) groups is 3. The highest BCUT2D eigenvalue weighted by molar-refractivity contribution is 8.26. The molecule has 2 rings (SSSR count). The van der Waals surface area contributed by atoms with Crippen LogP contribution in [0.4, 0.5) is 0 Å². The summed E-state index contributed by atoms with van der Waals surface area (Å²) >= 11 is 12.3. The minimum Gasteiger partial charge on any atom is -0.493 e. The molecule has 0 atom stereocenters. The van der Waals surface area contributed by atoms with E-state index in [2.05, 4.69) is 0 Å². The van der Waals surface area contributed by atoms with E-state index in [1.807, 2.05) is 0 Å². The number of rotatable bonds is 8. The number of aliphatic carboxylic acids is 1. The molecule has 1 heterocycles. The Balaban J connectivity index is 2.25. The van der Waals surface area contributed by atoms with E-state index in [4.69, 9.17) is 43.1 Å². The van der Waals surface area contributed by atoms with Gasteiger partial charge in [0.1, 0.15) is 10.9 Å². The van der Waals surface area contributed by atoms with Gasteiger partial charge in [0, 0.05) is 0 Å². The molecule has 8 nitrogen and oxygen atoms in total. The zero-order valence-electron chi connectivity index (χ0n) is 14.9. The molecule has 1 fully saturated rings. The number of carboxylic acids is 1. The first-order chi connectivity index (χ1) is 13.3. The third-order valence-electron chi connectivity index (χ3n) is 3.36. The quantitative estimate of drug-likeness (QED) is 0.367. The molecule has 1 N–H and O–H groups in total. The number of carboxylic acid groups (broad SMARTS) is 1. The summed E-state index contributed by atoms with van der Waals surface area (Å²) in [4.78, 5) is 35.9. The number of nitrogens with zero attached hydrogens (tertiary/aromatic N) is 1. The molecule has 0 radical (unpaired) electrons. The van der Waals surface area contributed by atoms with Gasteiger partial charge in [0.15, 0.2) is 18.1 Å². The molecule has 11 heteroatoms. The minimum absolute atomic E-state index is 0.158. The number of ether oxygens (including phenoxy) is 3. The Hall–Kier alpha value is -2.30. The normalized spacial score (nSPS) is 15.1. The maximum atomic E-state index is 12.3. The number of hydrogen-bond donors (Lipinski definition) is 1. The molecule has 0 unspecified atom stereocenters. The van der Waals surface area contributed by atoms with Crippen molar-refractivity contribution in [3.63, 3.8) is 0 Å². The Morgan fingerprint density at radius 1 is 1.39 bits per heavy atom. The number of thiocarbonyl (C=S) groups is 1. The second kappa shape index (κ2) is 9.76. The number of halogens is 1. The molecule has 1 aromatic rings. The fraction of sp³-hybridized carbons (Fsp3) is 0.294. The standard InChI is InChI=1S/C17H16ClNO7S2/c1-3-25-14(22)8-26-15-10(18)4-9(5-11(15)24-2)6-12-16(23)19(7-13(20)21)17(27)28-12/h4-6H,3,7-8H2,1-2H3,(H,20,21)/b12-6+. The average Bonchev–Trinajstić information content (AvgIpc) is 2.87. The van der Waals surface area contributed by atoms with Gasteiger partial charge in [-0.25, -0.2) is 4.79 Å². The van der Waals surface area contributed by atoms with Crippen molar-refractivity contribution in [1.29, 1.82) is 0 Å². The number of thioether (sulfide) groups is 1. The van der Waals surface area contributed by atoms with Gasteiger partial charge >= 0.3 is 11.9 Å². The summed E-state index contributed by atoms with van der Waals surface area (Å²) in [5.41, 5.74) is 0.515. The van der Waals surface area contributed by atoms with Crippen LogP contribution in [0.25, 0.3) is 6.08 Å². The smallest absolute Gasteiger partial charge is 0.344 e. The van der Waals surface area contributed by atoms with Crippen LogP contribution in [0.3, 0.4) is 0 Å². The van der Waals surface area contributed by atoms with Crippen molar-refractivity contribution >= 4 is 63.8 Å². The van der Waals surface area contributed by atoms with E-state index in [0.717, 1.165) is 16.7 Å². The number of carbonyl (C=O) groups excluding carboxylic acids is 2. The van der Waals surface area contributed by atoms with Crippen molar-refractivity contribution in [3.8, 4) is 11.5 Å². The molecule has 1 amide bonds. The summed E-state index contributed by atoms with van der Waals surface area (Å²) in [6, 6.07) is 3.09. The topological polar surface area (TPSA) is 102 Å². The molecule has 28 heavy (non-hydrogen) atoms. The van der Waals surface area contributed by atoms with Gasteiger partial charge in [-0.2, -0.15) is 0 Å². The van der Waals surface area contributed by atoms with E-state index in [9.17, 15) is 14.4 Å². The number of esters is 1. The van der Waals surface area contributed by atoms with Crippen LogP contribution in [0, 0.1) is 0 Å². The Morgan fingerprint density at radius 3 is 2.71 bits per heavy atom. The number of hydrogen-bond acceptors (Lipinski definition) is 8. The van der Waals surface area contributed by atoms with Crippen LogP contribution >= 0.6 is 35.6 Å². The van der Waals surface area contributed by atoms with Crippen LogP contribution in [0.2, 0.25) is 5.02 Å². The zero-order chi connectivity index (χ0) is 20.8. The highest BCUT2D eigenvalue weighted by Crippen LogP contribution is 2.39. The lowest BCUT2D eigenvalue weighted by Crippen LogP contribution is -2.33. The molecule has 1 aliphatic rings. The molecule has 0 bridgehead atoms. The van der Waals surface area contributed by atoms with Gasteiger partial charge in [-0.05, 0) is 30.7 Å². The van der Waals surface area contributed by atoms with Crippen LogP contribution < -0.4 is 9.47 Å². The second-order valence-electron chi connectivity index (χ2n) is 5.29. The fourth-order valence-corrected chi connectivity index (χ4v) is 3.75. The number of benzene rings is 1. The molecule has 0 aromatic heterocycles. The van der Waals surface area contributed by atoms with Crippen LogP contribution in [0.1, 0.15) is 12.5 Å². The van der Waals surface area contributed by atoms with Gasteiger partial charge in [-0.15, -0.1) is 0 Å². The molecule has 1 aliphatic heterocycles. The molecular weight excluding hydrogens is 430 g/mol. The molecule has 0 aliphatic carbocycles. The third kappa shape index (κ3) is 5.37. The fourth-order valence-electron chi connectivity index (χ4n) is 2.22. The molecule has 0 spiro atoms. The maximum Gasteiger partial charge on any atom is 0.344 e. The van der Waals surface area contributed by atoms with Gasteiger partial charge in [-0.1, -0.05) is 35.6 Å². The van der Waals surface area contributed by atoms with E-state index in [-0.39, 0.29) is 39.0 Å². The first-order valence-corrected chi connectivity index (χ1v) is 9.50. The number of methoxy groups -OCH3 is 1. The third-order valence-corrected chi connectivity index (χ3v) is 5.01. The summed E-state index contributed by atoms with van der Waals surface area (Å²) < 4.78 is 15.6. The Labute approximate surface area is 175 Å². The van der Waals surface area contributed by atoms with Crippen LogP contribution in [0.15, 0.2) is 17.0 Å². The van der Waals surface area contributed by atoms with E-state index in [1.165, 1.54) is 19.3 Å². The van der Waals surface area contributed by atoms with Gasteiger partial charge in [0.25, 0.3) is 5.91 Å². The monoisotopic (exact) mass is 445 g/mol. The molecule has 1 saturated heterocycles. The molecular formula is C17H16ClNO7S2. The summed E-state index contributed by atoms with van der Waals surface area (Å²) in [5, 5.41) is 9.04. The van der Waals surface area contributed by atoms with Gasteiger partial charge in [0.2, 0.25) is 0 Å². The second-order valence-corrected chi connectivity index (χ2v) is 7.37. The molecule has 0 saturated carbocycles. The van der Waals surface area contributed by atoms with Gasteiger partial charge < -0.3 is 19.3 Å². The van der Waals surface area contributed by atoms with Crippen molar-refractivity contribution in [2.75, 3.05) is 26.9 Å². The highest BCUT2D eigenvalue weighted by Gasteiger charge is 2.33. The molecule has 1 aromatic carbocycles. The molecule has 150 valence electrons. The highest BCUT2D eigenvalue weighted by atomic mass is 35.5. The lowest BCUT2D eigenvalue weighted by atomic mass is 10.1. The van der Waals surface area contributed by atoms with Crippen LogP contribution in [-0.2, 0) is 19.1 Å². The predicted molar refractivity (Wildman–Crippen MR) is 108 cm³/mol. The van der Waals surface area contributed by atoms with Crippen molar-refractivity contribution in [2.45, 2.75) is 6.92 Å². The first kappa shape index (κ1) is 22.0. The van der Waals surface area contributed by atoms with Gasteiger partial charge in [-0.3, -0.25) is 14.5 Å². The first-order valence-electron chi connectivity index (χ1n) is 7.90. The lowest BCUT2D eigenvalue weighted by Gasteiger charge is -2.13. The summed E-state index contributed by atoms with van der Waals surface area (Å²) in [5.74, 6) is -1.80. The average molecular weight is 446 g/mol. The number of amides is 1. The predicted octanol–water partition coefficient (Wildman–Crippen LogP) is 2.58. The SMILES string of the molecule is CCOC(=O)COc1c(Cl)cc(/C=C2/SC(=S)N(CC(=O)O)C2=O)cc1OC. The van der Waals surface area contributed by atoms with Crippen molar-refractivity contribution in [2.24, 2.45) is 0 Å². The van der Waals surface area contributed by atoms with E-state index in [1.54, 1.807) is 13.0 Å². The van der Waals surface area contributed by atoms with Crippen molar-refractivity contribution in [1.82, 2.24) is 4.90 Å². The Bertz CT molecular complexity index is 856.